The van der Waals surface area contributed by atoms with Crippen LogP contribution < -0.4 is 5.32 Å². The summed E-state index contributed by atoms with van der Waals surface area (Å²) < 4.78 is 0. The van der Waals surface area contributed by atoms with Gasteiger partial charge in [0.25, 0.3) is 0 Å². The second kappa shape index (κ2) is 3.26. The lowest BCUT2D eigenvalue weighted by molar-refractivity contribution is 0.968. The van der Waals surface area contributed by atoms with E-state index in [1.807, 2.05) is 11.8 Å². The third kappa shape index (κ3) is 1.55. The number of benzene rings is 1. The number of fused-ring (bicyclic) bond motifs is 1. The average molecular weight is 193 g/mol. The van der Waals surface area contributed by atoms with Crippen molar-refractivity contribution in [2.75, 3.05) is 11.9 Å². The minimum Gasteiger partial charge on any atom is -0.383 e. The van der Waals surface area contributed by atoms with Crippen LogP contribution in [-0.2, 0) is 0 Å². The van der Waals surface area contributed by atoms with Gasteiger partial charge in [-0.1, -0.05) is 13.0 Å². The first-order valence-electron chi connectivity index (χ1n) is 4.69. The SMILES string of the molecule is Cc1ccc2c(c1C)NCC(C)S2. The number of hydrogen-bond acceptors (Lipinski definition) is 2. The van der Waals surface area contributed by atoms with Gasteiger partial charge in [0.2, 0.25) is 0 Å². The van der Waals surface area contributed by atoms with E-state index >= 15 is 0 Å². The van der Waals surface area contributed by atoms with Gasteiger partial charge < -0.3 is 5.32 Å². The molecule has 0 aliphatic carbocycles. The van der Waals surface area contributed by atoms with Crippen LogP contribution in [0.3, 0.4) is 0 Å². The Hall–Kier alpha value is -0.630. The van der Waals surface area contributed by atoms with Gasteiger partial charge in [-0.05, 0) is 31.0 Å². The topological polar surface area (TPSA) is 12.0 Å². The molecule has 2 rings (SSSR count). The lowest BCUT2D eigenvalue weighted by atomic mass is 10.1. The van der Waals surface area contributed by atoms with E-state index < -0.39 is 0 Å². The van der Waals surface area contributed by atoms with Crippen LogP contribution in [0.4, 0.5) is 5.69 Å². The fourth-order valence-corrected chi connectivity index (χ4v) is 2.70. The van der Waals surface area contributed by atoms with Crippen LogP contribution in [0, 0.1) is 13.8 Å². The lowest BCUT2D eigenvalue weighted by Gasteiger charge is -2.25. The molecule has 2 heteroatoms. The van der Waals surface area contributed by atoms with Crippen LogP contribution in [0.25, 0.3) is 0 Å². The highest BCUT2D eigenvalue weighted by atomic mass is 32.2. The van der Waals surface area contributed by atoms with E-state index in [1.54, 1.807) is 0 Å². The molecule has 1 unspecified atom stereocenters. The predicted octanol–water partition coefficient (Wildman–Crippen LogP) is 3.21. The number of rotatable bonds is 0. The second-order valence-electron chi connectivity index (χ2n) is 3.69. The zero-order valence-corrected chi connectivity index (χ0v) is 9.16. The molecule has 1 heterocycles. The molecule has 1 aromatic carbocycles. The molecular weight excluding hydrogens is 178 g/mol. The standard InChI is InChI=1S/C11H15NS/c1-7-4-5-10-11(9(7)3)12-6-8(2)13-10/h4-5,8,12H,6H2,1-3H3. The van der Waals surface area contributed by atoms with Crippen molar-refractivity contribution in [1.82, 2.24) is 0 Å². The van der Waals surface area contributed by atoms with Crippen LogP contribution in [-0.4, -0.2) is 11.8 Å². The second-order valence-corrected chi connectivity index (χ2v) is 5.17. The summed E-state index contributed by atoms with van der Waals surface area (Å²) in [5.41, 5.74) is 4.13. The van der Waals surface area contributed by atoms with Gasteiger partial charge >= 0.3 is 0 Å². The van der Waals surface area contributed by atoms with Crippen molar-refractivity contribution in [2.24, 2.45) is 0 Å². The number of hydrogen-bond donors (Lipinski definition) is 1. The third-order valence-electron chi connectivity index (χ3n) is 2.59. The zero-order chi connectivity index (χ0) is 9.42. The largest absolute Gasteiger partial charge is 0.383 e. The van der Waals surface area contributed by atoms with Gasteiger partial charge in [-0.25, -0.2) is 0 Å². The summed E-state index contributed by atoms with van der Waals surface area (Å²) in [7, 11) is 0. The number of anilines is 1. The molecule has 1 aromatic rings. The normalized spacial score (nSPS) is 20.7. The third-order valence-corrected chi connectivity index (χ3v) is 3.76. The summed E-state index contributed by atoms with van der Waals surface area (Å²) >= 11 is 1.97. The molecule has 1 aliphatic heterocycles. The smallest absolute Gasteiger partial charge is 0.0511 e. The van der Waals surface area contributed by atoms with Crippen molar-refractivity contribution in [3.05, 3.63) is 23.3 Å². The molecule has 0 bridgehead atoms. The lowest BCUT2D eigenvalue weighted by Crippen LogP contribution is -2.19. The molecule has 70 valence electrons. The summed E-state index contributed by atoms with van der Waals surface area (Å²) in [6.07, 6.45) is 0. The quantitative estimate of drug-likeness (QED) is 0.679. The zero-order valence-electron chi connectivity index (χ0n) is 8.35. The summed E-state index contributed by atoms with van der Waals surface area (Å²) in [5.74, 6) is 0. The molecule has 0 radical (unpaired) electrons. The fourth-order valence-electron chi connectivity index (χ4n) is 1.61. The van der Waals surface area contributed by atoms with E-state index in [-0.39, 0.29) is 0 Å². The Bertz CT molecular complexity index is 333. The number of thioether (sulfide) groups is 1. The van der Waals surface area contributed by atoms with E-state index in [2.05, 4.69) is 38.2 Å². The van der Waals surface area contributed by atoms with Gasteiger partial charge in [0.15, 0.2) is 0 Å². The maximum Gasteiger partial charge on any atom is 0.0511 e. The Labute approximate surface area is 83.9 Å². The van der Waals surface area contributed by atoms with E-state index in [0.29, 0.717) is 5.25 Å². The molecule has 0 fully saturated rings. The van der Waals surface area contributed by atoms with Gasteiger partial charge in [-0.2, -0.15) is 0 Å². The predicted molar refractivity (Wildman–Crippen MR) is 59.7 cm³/mol. The number of aryl methyl sites for hydroxylation is 1. The van der Waals surface area contributed by atoms with Crippen LogP contribution in [0.1, 0.15) is 18.1 Å². The van der Waals surface area contributed by atoms with Crippen LogP contribution in [0.5, 0.6) is 0 Å². The molecule has 0 amide bonds. The highest BCUT2D eigenvalue weighted by molar-refractivity contribution is 8.00. The molecule has 1 atom stereocenters. The Kier molecular flexibility index (Phi) is 2.24. The fraction of sp³-hybridized carbons (Fsp3) is 0.455. The van der Waals surface area contributed by atoms with Gasteiger partial charge in [0, 0.05) is 16.7 Å². The molecule has 1 nitrogen and oxygen atoms in total. The summed E-state index contributed by atoms with van der Waals surface area (Å²) in [5, 5.41) is 4.19. The van der Waals surface area contributed by atoms with E-state index in [9.17, 15) is 0 Å². The molecular formula is C11H15NS. The molecule has 0 saturated carbocycles. The number of nitrogens with one attached hydrogen (secondary N) is 1. The first-order chi connectivity index (χ1) is 6.18. The summed E-state index contributed by atoms with van der Waals surface area (Å²) in [6, 6.07) is 4.44. The molecule has 1 aliphatic rings. The summed E-state index contributed by atoms with van der Waals surface area (Å²) in [6.45, 7) is 7.70. The van der Waals surface area contributed by atoms with Gasteiger partial charge in [-0.3, -0.25) is 0 Å². The Morgan fingerprint density at radius 3 is 2.92 bits per heavy atom. The summed E-state index contributed by atoms with van der Waals surface area (Å²) in [4.78, 5) is 1.40. The van der Waals surface area contributed by atoms with Crippen LogP contribution >= 0.6 is 11.8 Å². The molecule has 0 spiro atoms. The molecule has 1 N–H and O–H groups in total. The van der Waals surface area contributed by atoms with E-state index in [1.165, 1.54) is 21.7 Å². The van der Waals surface area contributed by atoms with Gasteiger partial charge in [0.05, 0.1) is 5.69 Å². The van der Waals surface area contributed by atoms with Crippen molar-refractivity contribution in [1.29, 1.82) is 0 Å². The van der Waals surface area contributed by atoms with Crippen LogP contribution in [0.2, 0.25) is 0 Å². The Morgan fingerprint density at radius 1 is 1.38 bits per heavy atom. The monoisotopic (exact) mass is 193 g/mol. The van der Waals surface area contributed by atoms with Crippen molar-refractivity contribution in [3.8, 4) is 0 Å². The highest BCUT2D eigenvalue weighted by Gasteiger charge is 2.16. The minimum absolute atomic E-state index is 0.689. The first-order valence-corrected chi connectivity index (χ1v) is 5.57. The van der Waals surface area contributed by atoms with Crippen LogP contribution in [0.15, 0.2) is 17.0 Å². The van der Waals surface area contributed by atoms with Crippen molar-refractivity contribution < 1.29 is 0 Å². The maximum absolute atomic E-state index is 3.50. The average Bonchev–Trinajstić information content (AvgIpc) is 2.12. The van der Waals surface area contributed by atoms with Crippen molar-refractivity contribution in [3.63, 3.8) is 0 Å². The highest BCUT2D eigenvalue weighted by Crippen LogP contribution is 2.37. The molecule has 13 heavy (non-hydrogen) atoms. The molecule has 0 aromatic heterocycles. The van der Waals surface area contributed by atoms with Crippen molar-refractivity contribution in [2.45, 2.75) is 30.9 Å². The van der Waals surface area contributed by atoms with E-state index in [4.69, 9.17) is 0 Å². The minimum atomic E-state index is 0.689. The first kappa shape index (κ1) is 8.95. The van der Waals surface area contributed by atoms with Crippen molar-refractivity contribution >= 4 is 17.4 Å². The van der Waals surface area contributed by atoms with Gasteiger partial charge in [-0.15, -0.1) is 11.8 Å². The maximum atomic E-state index is 3.50. The molecule has 0 saturated heterocycles. The van der Waals surface area contributed by atoms with E-state index in [0.717, 1.165) is 6.54 Å². The van der Waals surface area contributed by atoms with Gasteiger partial charge in [0.1, 0.15) is 0 Å². The Morgan fingerprint density at radius 2 is 2.15 bits per heavy atom. The Balaban J connectivity index is 2.47.